The molecular weight excluding hydrogens is 564 g/mol. The number of methoxy groups -OCH3 is 8. The van der Waals surface area contributed by atoms with E-state index < -0.39 is 6.10 Å². The van der Waals surface area contributed by atoms with Crippen molar-refractivity contribution in [3.05, 3.63) is 12.7 Å². The van der Waals surface area contributed by atoms with Crippen LogP contribution < -0.4 is 0 Å². The van der Waals surface area contributed by atoms with Gasteiger partial charge in [0.05, 0.1) is 54.9 Å². The Bertz CT molecular complexity index is 637. The Morgan fingerprint density at radius 2 is 0.773 bits per heavy atom. The van der Waals surface area contributed by atoms with Gasteiger partial charge >= 0.3 is 0 Å². The molecule has 9 heteroatoms. The molecule has 0 radical (unpaired) electrons. The first-order valence-corrected chi connectivity index (χ1v) is 16.8. The van der Waals surface area contributed by atoms with E-state index >= 15 is 0 Å². The Kier molecular flexibility index (Phi) is 28.2. The summed E-state index contributed by atoms with van der Waals surface area (Å²) in [5.74, 6) is 0. The summed E-state index contributed by atoms with van der Waals surface area (Å²) in [6, 6.07) is 0. The second-order valence-corrected chi connectivity index (χ2v) is 12.1. The van der Waals surface area contributed by atoms with Gasteiger partial charge in [-0.25, -0.2) is 0 Å². The zero-order valence-corrected chi connectivity index (χ0v) is 29.8. The molecule has 1 N–H and O–H groups in total. The standard InChI is InChI=1S/C35H70O9/c1-11-16-27(36)20-30(39-5)22-32(41-7)24-34(43-9)26-35(44-10)25-33(42-8)23-31(40-6)21-29(38-4)19-15-13-14-18-28(37-3)17-12-2/h11,27-36H,1,12-26H2,2-10H3/t27-,28+,29+,30-,31+,32-,33+,34-,35+/m0/s1. The lowest BCUT2D eigenvalue weighted by Gasteiger charge is -2.30. The van der Waals surface area contributed by atoms with Crippen LogP contribution in [0.25, 0.3) is 0 Å². The molecule has 0 amide bonds. The summed E-state index contributed by atoms with van der Waals surface area (Å²) in [6.45, 7) is 5.92. The second-order valence-electron chi connectivity index (χ2n) is 12.1. The highest BCUT2D eigenvalue weighted by Crippen LogP contribution is 2.24. The van der Waals surface area contributed by atoms with Crippen molar-refractivity contribution >= 4 is 0 Å². The van der Waals surface area contributed by atoms with Crippen LogP contribution in [0, 0.1) is 0 Å². The van der Waals surface area contributed by atoms with Crippen LogP contribution in [0.4, 0.5) is 0 Å². The molecular formula is C35H70O9. The maximum Gasteiger partial charge on any atom is 0.0620 e. The third-order valence-corrected chi connectivity index (χ3v) is 8.96. The van der Waals surface area contributed by atoms with E-state index in [9.17, 15) is 5.11 Å². The zero-order chi connectivity index (χ0) is 33.2. The molecule has 44 heavy (non-hydrogen) atoms. The quantitative estimate of drug-likeness (QED) is 0.0655. The fraction of sp³-hybridized carbons (Fsp3) is 0.943. The summed E-state index contributed by atoms with van der Waals surface area (Å²) >= 11 is 0. The minimum atomic E-state index is -0.475. The highest BCUT2D eigenvalue weighted by atomic mass is 16.5. The molecule has 0 aromatic heterocycles. The van der Waals surface area contributed by atoms with Crippen LogP contribution in [0.1, 0.15) is 103 Å². The van der Waals surface area contributed by atoms with E-state index in [-0.39, 0.29) is 42.7 Å². The highest BCUT2D eigenvalue weighted by molar-refractivity contribution is 4.80. The van der Waals surface area contributed by atoms with E-state index in [1.807, 2.05) is 7.11 Å². The van der Waals surface area contributed by atoms with Crippen molar-refractivity contribution < 1.29 is 43.0 Å². The van der Waals surface area contributed by atoms with Gasteiger partial charge in [0.15, 0.2) is 0 Å². The Labute approximate surface area is 270 Å². The average molecular weight is 635 g/mol. The van der Waals surface area contributed by atoms with E-state index in [1.54, 1.807) is 55.8 Å². The van der Waals surface area contributed by atoms with Crippen LogP contribution in [0.5, 0.6) is 0 Å². The van der Waals surface area contributed by atoms with Crippen LogP contribution in [-0.4, -0.2) is 117 Å². The van der Waals surface area contributed by atoms with Crippen molar-refractivity contribution in [3.63, 3.8) is 0 Å². The van der Waals surface area contributed by atoms with Gasteiger partial charge in [0, 0.05) is 56.9 Å². The van der Waals surface area contributed by atoms with Crippen molar-refractivity contribution in [2.45, 2.75) is 158 Å². The van der Waals surface area contributed by atoms with Crippen molar-refractivity contribution in [1.82, 2.24) is 0 Å². The van der Waals surface area contributed by atoms with Gasteiger partial charge in [0.1, 0.15) is 0 Å². The van der Waals surface area contributed by atoms with E-state index in [4.69, 9.17) is 37.9 Å². The Morgan fingerprint density at radius 1 is 0.455 bits per heavy atom. The minimum Gasteiger partial charge on any atom is -0.393 e. The van der Waals surface area contributed by atoms with E-state index in [0.29, 0.717) is 38.2 Å². The average Bonchev–Trinajstić information content (AvgIpc) is 3.04. The number of unbranched alkanes of at least 4 members (excludes halogenated alkanes) is 2. The van der Waals surface area contributed by atoms with Gasteiger partial charge in [0.2, 0.25) is 0 Å². The molecule has 9 atom stereocenters. The van der Waals surface area contributed by atoms with Crippen LogP contribution in [0.2, 0.25) is 0 Å². The van der Waals surface area contributed by atoms with Gasteiger partial charge in [-0.3, -0.25) is 0 Å². The van der Waals surface area contributed by atoms with Crippen molar-refractivity contribution in [2.24, 2.45) is 0 Å². The molecule has 0 aliphatic heterocycles. The molecule has 0 rings (SSSR count). The lowest BCUT2D eigenvalue weighted by Crippen LogP contribution is -2.33. The molecule has 0 fully saturated rings. The lowest BCUT2D eigenvalue weighted by molar-refractivity contribution is -0.0554. The summed E-state index contributed by atoms with van der Waals surface area (Å²) in [6.07, 6.45) is 14.9. The monoisotopic (exact) mass is 635 g/mol. The van der Waals surface area contributed by atoms with Gasteiger partial charge < -0.3 is 43.0 Å². The molecule has 0 spiro atoms. The highest BCUT2D eigenvalue weighted by Gasteiger charge is 2.27. The molecule has 0 saturated heterocycles. The van der Waals surface area contributed by atoms with Crippen LogP contribution in [-0.2, 0) is 37.9 Å². The molecule has 0 heterocycles. The summed E-state index contributed by atoms with van der Waals surface area (Å²) in [5.41, 5.74) is 0. The smallest absolute Gasteiger partial charge is 0.0620 e. The first-order valence-electron chi connectivity index (χ1n) is 16.8. The van der Waals surface area contributed by atoms with E-state index in [1.165, 1.54) is 12.8 Å². The SMILES string of the molecule is C=CC[C@H](O)C[C@@H](C[C@@H](C[C@@H](C[C@@H](C[C@@H](C[C@@H](C[C@@H](CCCCC[C@@H](CCC)OC)OC)OC)OC)OC)OC)OC)OC. The van der Waals surface area contributed by atoms with Crippen LogP contribution in [0.3, 0.4) is 0 Å². The summed E-state index contributed by atoms with van der Waals surface area (Å²) < 4.78 is 46.4. The summed E-state index contributed by atoms with van der Waals surface area (Å²) in [7, 11) is 14.0. The van der Waals surface area contributed by atoms with Crippen molar-refractivity contribution in [2.75, 3.05) is 56.9 Å². The number of ether oxygens (including phenoxy) is 8. The molecule has 0 aromatic rings. The first-order chi connectivity index (χ1) is 21.3. The Balaban J connectivity index is 4.91. The predicted molar refractivity (Wildman–Crippen MR) is 178 cm³/mol. The number of aliphatic hydroxyl groups is 1. The normalized spacial score (nSPS) is 18.2. The topological polar surface area (TPSA) is 94.1 Å². The molecule has 0 saturated carbocycles. The third-order valence-electron chi connectivity index (χ3n) is 8.96. The molecule has 0 unspecified atom stereocenters. The number of aliphatic hydroxyl groups excluding tert-OH is 1. The van der Waals surface area contributed by atoms with Crippen LogP contribution in [0.15, 0.2) is 12.7 Å². The third kappa shape index (κ3) is 20.5. The second kappa shape index (κ2) is 28.6. The fourth-order valence-corrected chi connectivity index (χ4v) is 6.04. The molecule has 0 aliphatic carbocycles. The van der Waals surface area contributed by atoms with Crippen molar-refractivity contribution in [3.8, 4) is 0 Å². The summed E-state index contributed by atoms with van der Waals surface area (Å²) in [5, 5.41) is 10.2. The predicted octanol–water partition coefficient (Wildman–Crippen LogP) is 6.52. The van der Waals surface area contributed by atoms with Crippen LogP contribution >= 0.6 is 0 Å². The fourth-order valence-electron chi connectivity index (χ4n) is 6.04. The van der Waals surface area contributed by atoms with E-state index in [0.717, 1.165) is 51.4 Å². The minimum absolute atomic E-state index is 0.0214. The molecule has 0 bridgehead atoms. The molecule has 9 nitrogen and oxygen atoms in total. The Hall–Kier alpha value is -0.620. The van der Waals surface area contributed by atoms with Gasteiger partial charge in [-0.05, 0) is 70.6 Å². The first kappa shape index (κ1) is 43.4. The maximum absolute atomic E-state index is 10.2. The van der Waals surface area contributed by atoms with Crippen molar-refractivity contribution in [1.29, 1.82) is 0 Å². The molecule has 0 aliphatic rings. The number of hydrogen-bond acceptors (Lipinski definition) is 9. The van der Waals surface area contributed by atoms with Gasteiger partial charge in [-0.1, -0.05) is 38.7 Å². The lowest BCUT2D eigenvalue weighted by atomic mass is 9.94. The Morgan fingerprint density at radius 3 is 1.09 bits per heavy atom. The zero-order valence-electron chi connectivity index (χ0n) is 29.8. The largest absolute Gasteiger partial charge is 0.393 e. The van der Waals surface area contributed by atoms with E-state index in [2.05, 4.69) is 13.5 Å². The molecule has 0 aromatic carbocycles. The van der Waals surface area contributed by atoms with Gasteiger partial charge in [-0.2, -0.15) is 0 Å². The summed E-state index contributed by atoms with van der Waals surface area (Å²) in [4.78, 5) is 0. The van der Waals surface area contributed by atoms with Gasteiger partial charge in [-0.15, -0.1) is 6.58 Å². The maximum atomic E-state index is 10.2. The number of hydrogen-bond donors (Lipinski definition) is 1. The number of rotatable bonds is 32. The molecule has 264 valence electrons. The van der Waals surface area contributed by atoms with Gasteiger partial charge in [0.25, 0.3) is 0 Å².